The van der Waals surface area contributed by atoms with E-state index in [9.17, 15) is 14.7 Å². The van der Waals surface area contributed by atoms with E-state index in [0.29, 0.717) is 48.0 Å². The van der Waals surface area contributed by atoms with Crippen LogP contribution in [0.1, 0.15) is 78.6 Å². The minimum absolute atomic E-state index is 0.133. The van der Waals surface area contributed by atoms with Crippen LogP contribution in [-0.4, -0.2) is 35.7 Å². The van der Waals surface area contributed by atoms with Crippen molar-refractivity contribution >= 4 is 28.2 Å². The Bertz CT molecular complexity index is 898. The summed E-state index contributed by atoms with van der Waals surface area (Å²) in [5.74, 6) is 1.92. The quantitative estimate of drug-likeness (QED) is 0.662. The first-order valence-electron chi connectivity index (χ1n) is 12.1. The molecule has 7 rings (SSSR count). The van der Waals surface area contributed by atoms with Crippen molar-refractivity contribution in [3.8, 4) is 0 Å². The van der Waals surface area contributed by atoms with Gasteiger partial charge in [0.15, 0.2) is 0 Å². The van der Waals surface area contributed by atoms with Crippen molar-refractivity contribution in [1.29, 1.82) is 0 Å². The van der Waals surface area contributed by atoms with E-state index in [0.717, 1.165) is 49.0 Å². The van der Waals surface area contributed by atoms with E-state index in [-0.39, 0.29) is 23.3 Å². The second-order valence-electron chi connectivity index (χ2n) is 10.6. The Morgan fingerprint density at radius 1 is 1.10 bits per heavy atom. The normalized spacial score (nSPS) is 38.2. The molecule has 5 aliphatic carbocycles. The van der Waals surface area contributed by atoms with Gasteiger partial charge in [0.25, 0.3) is 5.91 Å². The molecule has 6 aliphatic rings. The average molecular weight is 445 g/mol. The number of thiophene rings is 1. The molecular formula is C24H32N2O4S. The monoisotopic (exact) mass is 444 g/mol. The Morgan fingerprint density at radius 3 is 2.65 bits per heavy atom. The topological polar surface area (TPSA) is 87.7 Å². The predicted octanol–water partition coefficient (Wildman–Crippen LogP) is 3.62. The van der Waals surface area contributed by atoms with Crippen LogP contribution in [0, 0.1) is 23.2 Å². The van der Waals surface area contributed by atoms with Crippen molar-refractivity contribution in [2.75, 3.05) is 11.9 Å². The molecule has 0 radical (unpaired) electrons. The molecule has 6 atom stereocenters. The fourth-order valence-corrected chi connectivity index (χ4v) is 8.65. The predicted molar refractivity (Wildman–Crippen MR) is 118 cm³/mol. The summed E-state index contributed by atoms with van der Waals surface area (Å²) in [6.45, 7) is 1.10. The first kappa shape index (κ1) is 20.2. The standard InChI is InChI=1S/C24H32N2O4S/c27-18-4-2-1-3-17(18)25-21(28)20-16-5-6-30-12-19(16)31-22(20)26-23(29)24-10-13-7-14(11-24)9-15(24)8-13/h13-15,17-18,27H,1-12H2,(H,25,28)(H,26,29)/t13-,14?,15-,17?,18?,24?/m0/s1. The summed E-state index contributed by atoms with van der Waals surface area (Å²) in [7, 11) is 0. The molecular weight excluding hydrogens is 412 g/mol. The maximum atomic E-state index is 13.6. The minimum atomic E-state index is -0.489. The number of nitrogens with one attached hydrogen (secondary N) is 2. The van der Waals surface area contributed by atoms with Crippen LogP contribution in [0.2, 0.25) is 0 Å². The molecule has 31 heavy (non-hydrogen) atoms. The van der Waals surface area contributed by atoms with Crippen LogP contribution >= 0.6 is 11.3 Å². The zero-order valence-electron chi connectivity index (χ0n) is 18.0. The van der Waals surface area contributed by atoms with Crippen LogP contribution in [0.25, 0.3) is 0 Å². The van der Waals surface area contributed by atoms with Gasteiger partial charge >= 0.3 is 0 Å². The summed E-state index contributed by atoms with van der Waals surface area (Å²) in [6.07, 6.45) is 9.50. The van der Waals surface area contributed by atoms with Gasteiger partial charge < -0.3 is 20.5 Å². The van der Waals surface area contributed by atoms with Gasteiger partial charge in [-0.3, -0.25) is 9.59 Å². The molecule has 5 fully saturated rings. The molecule has 1 aromatic heterocycles. The van der Waals surface area contributed by atoms with Crippen molar-refractivity contribution < 1.29 is 19.4 Å². The average Bonchev–Trinajstić information content (AvgIpc) is 3.33. The highest BCUT2D eigenvalue weighted by Crippen LogP contribution is 2.65. The first-order chi connectivity index (χ1) is 15.0. The first-order valence-corrected chi connectivity index (χ1v) is 12.9. The zero-order chi connectivity index (χ0) is 21.2. The number of aliphatic hydroxyl groups is 1. The molecule has 0 aromatic carbocycles. The summed E-state index contributed by atoms with van der Waals surface area (Å²) in [5.41, 5.74) is 1.41. The maximum Gasteiger partial charge on any atom is 0.254 e. The third kappa shape index (κ3) is 3.26. The molecule has 5 saturated carbocycles. The van der Waals surface area contributed by atoms with Gasteiger partial charge in [-0.1, -0.05) is 12.8 Å². The van der Waals surface area contributed by atoms with E-state index in [4.69, 9.17) is 4.74 Å². The summed E-state index contributed by atoms with van der Waals surface area (Å²) in [4.78, 5) is 28.0. The van der Waals surface area contributed by atoms with Crippen molar-refractivity contribution in [2.45, 2.75) is 83.0 Å². The van der Waals surface area contributed by atoms with Gasteiger partial charge in [-0.2, -0.15) is 0 Å². The summed E-state index contributed by atoms with van der Waals surface area (Å²) >= 11 is 1.50. The molecule has 4 bridgehead atoms. The van der Waals surface area contributed by atoms with Gasteiger partial charge in [0.05, 0.1) is 36.3 Å². The number of carbonyl (C=O) groups is 2. The molecule has 1 aliphatic heterocycles. The molecule has 4 unspecified atom stereocenters. The number of amides is 2. The van der Waals surface area contributed by atoms with E-state index in [2.05, 4.69) is 10.6 Å². The Kier molecular flexibility index (Phi) is 4.92. The SMILES string of the molecule is O=C(NC1CCCCC1O)c1c(NC(=O)C23CC4C[C@@H](C[C@H]2C4)C3)sc2c1CCOC2. The highest BCUT2D eigenvalue weighted by molar-refractivity contribution is 7.17. The molecule has 2 amide bonds. The number of ether oxygens (including phenoxy) is 1. The summed E-state index contributed by atoms with van der Waals surface area (Å²) < 4.78 is 5.63. The van der Waals surface area contributed by atoms with E-state index in [1.54, 1.807) is 0 Å². The van der Waals surface area contributed by atoms with E-state index < -0.39 is 6.10 Å². The summed E-state index contributed by atoms with van der Waals surface area (Å²) in [5, 5.41) is 17.4. The number of carbonyl (C=O) groups excluding carboxylic acids is 2. The van der Waals surface area contributed by atoms with Crippen molar-refractivity contribution in [3.63, 3.8) is 0 Å². The summed E-state index contributed by atoms with van der Waals surface area (Å²) in [6, 6.07) is -0.208. The lowest BCUT2D eigenvalue weighted by atomic mass is 9.75. The van der Waals surface area contributed by atoms with E-state index in [1.165, 1.54) is 30.6 Å². The molecule has 0 spiro atoms. The second kappa shape index (κ2) is 7.56. The maximum absolute atomic E-state index is 13.6. The smallest absolute Gasteiger partial charge is 0.254 e. The van der Waals surface area contributed by atoms with Crippen LogP contribution in [0.5, 0.6) is 0 Å². The minimum Gasteiger partial charge on any atom is -0.391 e. The Morgan fingerprint density at radius 2 is 1.87 bits per heavy atom. The molecule has 168 valence electrons. The zero-order valence-corrected chi connectivity index (χ0v) is 18.8. The van der Waals surface area contributed by atoms with Crippen molar-refractivity contribution in [1.82, 2.24) is 5.32 Å². The van der Waals surface area contributed by atoms with Crippen molar-refractivity contribution in [3.05, 3.63) is 16.0 Å². The number of hydrogen-bond donors (Lipinski definition) is 3. The lowest BCUT2D eigenvalue weighted by Gasteiger charge is -2.31. The largest absolute Gasteiger partial charge is 0.391 e. The lowest BCUT2D eigenvalue weighted by molar-refractivity contribution is -0.127. The molecule has 2 heterocycles. The van der Waals surface area contributed by atoms with E-state index >= 15 is 0 Å². The Labute approximate surface area is 187 Å². The molecule has 3 N–H and O–H groups in total. The molecule has 7 heteroatoms. The van der Waals surface area contributed by atoms with Crippen LogP contribution in [-0.2, 0) is 22.6 Å². The number of hydrogen-bond acceptors (Lipinski definition) is 5. The van der Waals surface area contributed by atoms with Gasteiger partial charge in [0.1, 0.15) is 5.00 Å². The number of anilines is 1. The number of fused-ring (bicyclic) bond motifs is 1. The highest BCUT2D eigenvalue weighted by atomic mass is 32.1. The van der Waals surface area contributed by atoms with Crippen molar-refractivity contribution in [2.24, 2.45) is 23.2 Å². The fraction of sp³-hybridized carbons (Fsp3) is 0.750. The number of rotatable bonds is 4. The van der Waals surface area contributed by atoms with Gasteiger partial charge in [-0.25, -0.2) is 0 Å². The van der Waals surface area contributed by atoms with Gasteiger partial charge in [0, 0.05) is 4.88 Å². The van der Waals surface area contributed by atoms with Crippen LogP contribution in [0.4, 0.5) is 5.00 Å². The van der Waals surface area contributed by atoms with Crippen LogP contribution in [0.3, 0.4) is 0 Å². The molecule has 0 saturated heterocycles. The highest BCUT2D eigenvalue weighted by Gasteiger charge is 2.61. The van der Waals surface area contributed by atoms with Gasteiger partial charge in [-0.05, 0) is 74.7 Å². The third-order valence-corrected chi connectivity index (χ3v) is 9.88. The molecule has 6 nitrogen and oxygen atoms in total. The van der Waals surface area contributed by atoms with Crippen LogP contribution < -0.4 is 10.6 Å². The lowest BCUT2D eigenvalue weighted by Crippen LogP contribution is -2.45. The Balaban J connectivity index is 1.28. The number of aliphatic hydroxyl groups excluding tert-OH is 1. The van der Waals surface area contributed by atoms with Crippen LogP contribution in [0.15, 0.2) is 0 Å². The van der Waals surface area contributed by atoms with Gasteiger partial charge in [0.2, 0.25) is 5.91 Å². The second-order valence-corrected chi connectivity index (χ2v) is 11.7. The fourth-order valence-electron chi connectivity index (χ4n) is 7.48. The Hall–Kier alpha value is -1.44. The van der Waals surface area contributed by atoms with E-state index in [1.807, 2.05) is 0 Å². The van der Waals surface area contributed by atoms with Gasteiger partial charge in [-0.15, -0.1) is 11.3 Å². The molecule has 1 aromatic rings. The third-order valence-electron chi connectivity index (χ3n) is 8.76.